The summed E-state index contributed by atoms with van der Waals surface area (Å²) >= 11 is 5.61. The molecule has 142 valence electrons. The number of hydrogen-bond acceptors (Lipinski definition) is 5. The summed E-state index contributed by atoms with van der Waals surface area (Å²) in [5, 5.41) is 2.23. The predicted octanol–water partition coefficient (Wildman–Crippen LogP) is 1.91. The Balaban J connectivity index is 1.49. The van der Waals surface area contributed by atoms with E-state index in [-0.39, 0.29) is 10.7 Å². The number of esters is 1. The van der Waals surface area contributed by atoms with Crippen molar-refractivity contribution in [2.45, 2.75) is 12.8 Å². The average molecular weight is 395 g/mol. The Morgan fingerprint density at radius 1 is 1.19 bits per heavy atom. The van der Waals surface area contributed by atoms with Crippen molar-refractivity contribution >= 4 is 41.0 Å². The van der Waals surface area contributed by atoms with Gasteiger partial charge in [0.25, 0.3) is 5.91 Å². The van der Waals surface area contributed by atoms with E-state index in [1.54, 1.807) is 0 Å². The summed E-state index contributed by atoms with van der Waals surface area (Å²) in [6, 6.07) is 3.61. The van der Waals surface area contributed by atoms with Gasteiger partial charge in [-0.25, -0.2) is 4.39 Å². The molecular weight excluding hydrogens is 379 g/mol. The first-order chi connectivity index (χ1) is 12.9. The summed E-state index contributed by atoms with van der Waals surface area (Å²) in [5.41, 5.74) is 0.240. The van der Waals surface area contributed by atoms with E-state index in [1.807, 2.05) is 12.2 Å². The summed E-state index contributed by atoms with van der Waals surface area (Å²) in [6.07, 6.45) is 4.65. The van der Waals surface area contributed by atoms with E-state index >= 15 is 0 Å². The average Bonchev–Trinajstić information content (AvgIpc) is 2.88. The van der Waals surface area contributed by atoms with E-state index in [0.717, 1.165) is 11.0 Å². The smallest absolute Gasteiger partial charge is 0.326 e. The van der Waals surface area contributed by atoms with Crippen LogP contribution < -0.4 is 5.32 Å². The number of amides is 3. The van der Waals surface area contributed by atoms with Crippen LogP contribution in [-0.2, 0) is 23.9 Å². The minimum absolute atomic E-state index is 0.160. The minimum atomic E-state index is -0.865. The van der Waals surface area contributed by atoms with E-state index in [4.69, 9.17) is 16.3 Å². The third-order valence-corrected chi connectivity index (χ3v) is 4.74. The largest absolute Gasteiger partial charge is 0.454 e. The Kier molecular flexibility index (Phi) is 5.55. The van der Waals surface area contributed by atoms with E-state index in [1.165, 1.54) is 12.1 Å². The Labute approximate surface area is 159 Å². The number of anilines is 1. The van der Waals surface area contributed by atoms with E-state index in [0.29, 0.717) is 12.8 Å². The van der Waals surface area contributed by atoms with Gasteiger partial charge in [-0.1, -0.05) is 23.8 Å². The molecule has 1 saturated heterocycles. The van der Waals surface area contributed by atoms with Gasteiger partial charge in [-0.15, -0.1) is 0 Å². The second-order valence-corrected chi connectivity index (χ2v) is 6.66. The predicted molar refractivity (Wildman–Crippen MR) is 93.1 cm³/mol. The van der Waals surface area contributed by atoms with Crippen LogP contribution in [0.2, 0.25) is 5.02 Å². The van der Waals surface area contributed by atoms with Gasteiger partial charge in [0.15, 0.2) is 6.61 Å². The maximum absolute atomic E-state index is 13.1. The zero-order valence-electron chi connectivity index (χ0n) is 14.1. The number of fused-ring (bicyclic) bond motifs is 1. The number of imide groups is 1. The number of ether oxygens (including phenoxy) is 1. The lowest BCUT2D eigenvalue weighted by atomic mass is 9.85. The molecule has 3 rings (SSSR count). The highest BCUT2D eigenvalue weighted by Gasteiger charge is 2.47. The zero-order chi connectivity index (χ0) is 19.6. The van der Waals surface area contributed by atoms with Gasteiger partial charge in [0.1, 0.15) is 12.4 Å². The van der Waals surface area contributed by atoms with Crippen molar-refractivity contribution in [1.82, 2.24) is 4.90 Å². The van der Waals surface area contributed by atoms with Gasteiger partial charge in [-0.05, 0) is 31.0 Å². The third kappa shape index (κ3) is 4.16. The van der Waals surface area contributed by atoms with Gasteiger partial charge in [-0.2, -0.15) is 0 Å². The topological polar surface area (TPSA) is 92.8 Å². The lowest BCUT2D eigenvalue weighted by molar-refractivity contribution is -0.154. The molecule has 1 N–H and O–H groups in total. The van der Waals surface area contributed by atoms with Gasteiger partial charge in [0.2, 0.25) is 11.8 Å². The zero-order valence-corrected chi connectivity index (χ0v) is 14.9. The highest BCUT2D eigenvalue weighted by atomic mass is 35.5. The molecule has 2 aliphatic rings. The number of carbonyl (C=O) groups excluding carboxylic acids is 4. The van der Waals surface area contributed by atoms with Crippen molar-refractivity contribution in [3.05, 3.63) is 41.2 Å². The Bertz CT molecular complexity index is 815. The monoisotopic (exact) mass is 394 g/mol. The summed E-state index contributed by atoms with van der Waals surface area (Å²) in [6.45, 7) is -1.14. The number of likely N-dealkylation sites (tertiary alicyclic amines) is 1. The number of carbonyl (C=O) groups is 4. The van der Waals surface area contributed by atoms with E-state index in [2.05, 4.69) is 5.32 Å². The lowest BCUT2D eigenvalue weighted by Gasteiger charge is -2.14. The SMILES string of the molecule is O=C(COC(=O)CN1C(=O)[C@H]2CC=CC[C@H]2C1=O)Nc1ccc(F)c(Cl)c1. The molecule has 27 heavy (non-hydrogen) atoms. The van der Waals surface area contributed by atoms with Crippen LogP contribution in [0.3, 0.4) is 0 Å². The van der Waals surface area contributed by atoms with Crippen LogP contribution in [0.1, 0.15) is 12.8 Å². The van der Waals surface area contributed by atoms with Crippen molar-refractivity contribution in [3.8, 4) is 0 Å². The van der Waals surface area contributed by atoms with Crippen molar-refractivity contribution in [3.63, 3.8) is 0 Å². The molecule has 1 aliphatic heterocycles. The van der Waals surface area contributed by atoms with Gasteiger partial charge in [0.05, 0.1) is 16.9 Å². The van der Waals surface area contributed by atoms with Crippen LogP contribution in [0, 0.1) is 17.7 Å². The van der Waals surface area contributed by atoms with Crippen LogP contribution in [0.15, 0.2) is 30.4 Å². The van der Waals surface area contributed by atoms with Crippen LogP contribution in [0.5, 0.6) is 0 Å². The first kappa shape index (κ1) is 19.0. The number of nitrogens with one attached hydrogen (secondary N) is 1. The fraction of sp³-hybridized carbons (Fsp3) is 0.333. The van der Waals surface area contributed by atoms with Crippen molar-refractivity contribution in [2.75, 3.05) is 18.5 Å². The Morgan fingerprint density at radius 3 is 2.41 bits per heavy atom. The molecule has 0 unspecified atom stereocenters. The molecule has 1 fully saturated rings. The Hall–Kier alpha value is -2.74. The Morgan fingerprint density at radius 2 is 1.81 bits per heavy atom. The number of allylic oxidation sites excluding steroid dienone is 2. The second kappa shape index (κ2) is 7.87. The molecule has 1 aromatic carbocycles. The molecule has 9 heteroatoms. The van der Waals surface area contributed by atoms with E-state index < -0.39 is 54.5 Å². The third-order valence-electron chi connectivity index (χ3n) is 4.45. The molecule has 0 aromatic heterocycles. The number of rotatable bonds is 5. The van der Waals surface area contributed by atoms with Crippen molar-refractivity contribution in [2.24, 2.45) is 11.8 Å². The maximum Gasteiger partial charge on any atom is 0.326 e. The number of halogens is 2. The van der Waals surface area contributed by atoms with Crippen LogP contribution in [-0.4, -0.2) is 41.7 Å². The summed E-state index contributed by atoms with van der Waals surface area (Å²) < 4.78 is 17.9. The fourth-order valence-corrected chi connectivity index (χ4v) is 3.30. The lowest BCUT2D eigenvalue weighted by Crippen LogP contribution is -2.37. The summed E-state index contributed by atoms with van der Waals surface area (Å²) in [7, 11) is 0. The molecule has 0 spiro atoms. The molecule has 1 aliphatic carbocycles. The maximum atomic E-state index is 13.1. The molecule has 0 saturated carbocycles. The van der Waals surface area contributed by atoms with Crippen LogP contribution in [0.4, 0.5) is 10.1 Å². The molecule has 0 radical (unpaired) electrons. The molecule has 1 heterocycles. The summed E-state index contributed by atoms with van der Waals surface area (Å²) in [5.74, 6) is -3.80. The number of hydrogen-bond donors (Lipinski definition) is 1. The summed E-state index contributed by atoms with van der Waals surface area (Å²) in [4.78, 5) is 49.1. The molecule has 2 atom stereocenters. The van der Waals surface area contributed by atoms with Crippen molar-refractivity contribution < 1.29 is 28.3 Å². The van der Waals surface area contributed by atoms with Crippen LogP contribution in [0.25, 0.3) is 0 Å². The highest BCUT2D eigenvalue weighted by Crippen LogP contribution is 2.34. The highest BCUT2D eigenvalue weighted by molar-refractivity contribution is 6.31. The standard InChI is InChI=1S/C18H16ClFN2O5/c19-13-7-10(5-6-14(13)20)21-15(23)9-27-16(24)8-22-17(25)11-3-1-2-4-12(11)18(22)26/h1-2,5-7,11-12H,3-4,8-9H2,(H,21,23)/t11-,12+. The van der Waals surface area contributed by atoms with Gasteiger partial charge < -0.3 is 10.1 Å². The second-order valence-electron chi connectivity index (χ2n) is 6.26. The van der Waals surface area contributed by atoms with Crippen LogP contribution >= 0.6 is 11.6 Å². The number of nitrogens with zero attached hydrogens (tertiary/aromatic N) is 1. The molecule has 1 aromatic rings. The van der Waals surface area contributed by atoms with Crippen molar-refractivity contribution in [1.29, 1.82) is 0 Å². The molecular formula is C18H16ClFN2O5. The first-order valence-electron chi connectivity index (χ1n) is 8.27. The van der Waals surface area contributed by atoms with Gasteiger partial charge in [-0.3, -0.25) is 24.1 Å². The molecule has 3 amide bonds. The molecule has 0 bridgehead atoms. The minimum Gasteiger partial charge on any atom is -0.454 e. The first-order valence-corrected chi connectivity index (χ1v) is 8.65. The molecule has 7 nitrogen and oxygen atoms in total. The van der Waals surface area contributed by atoms with Gasteiger partial charge >= 0.3 is 5.97 Å². The fourth-order valence-electron chi connectivity index (χ4n) is 3.12. The van der Waals surface area contributed by atoms with E-state index in [9.17, 15) is 23.6 Å². The number of benzene rings is 1. The van der Waals surface area contributed by atoms with Gasteiger partial charge in [0, 0.05) is 5.69 Å². The normalized spacial score (nSPS) is 21.2. The quantitative estimate of drug-likeness (QED) is 0.468.